The average molecular weight is 455 g/mol. The molecule has 1 aliphatic heterocycles. The van der Waals surface area contributed by atoms with E-state index < -0.39 is 0 Å². The Morgan fingerprint density at radius 3 is 2.77 bits per heavy atom. The highest BCUT2D eigenvalue weighted by Crippen LogP contribution is 2.30. The van der Waals surface area contributed by atoms with Crippen molar-refractivity contribution in [3.05, 3.63) is 70.2 Å². The zero-order valence-corrected chi connectivity index (χ0v) is 18.5. The minimum absolute atomic E-state index is 0.142. The van der Waals surface area contributed by atoms with Crippen molar-refractivity contribution in [1.82, 2.24) is 9.88 Å². The fourth-order valence-electron chi connectivity index (χ4n) is 3.84. The van der Waals surface area contributed by atoms with Crippen LogP contribution in [0.5, 0.6) is 0 Å². The van der Waals surface area contributed by atoms with Crippen molar-refractivity contribution in [2.24, 2.45) is 5.73 Å². The normalized spacial score (nSPS) is 16.4. The molecule has 1 saturated heterocycles. The van der Waals surface area contributed by atoms with Crippen LogP contribution in [0.25, 0.3) is 10.6 Å². The number of nitrogens with two attached hydrogens (primary N) is 1. The first-order valence-electron chi connectivity index (χ1n) is 10.1. The molecule has 0 bridgehead atoms. The second-order valence-corrected chi connectivity index (χ2v) is 8.80. The molecule has 2 aromatic carbocycles. The maximum Gasteiger partial charge on any atom is 0.234 e. The maximum atomic E-state index is 12.7. The summed E-state index contributed by atoms with van der Waals surface area (Å²) < 4.78 is 0. The zero-order valence-electron chi connectivity index (χ0n) is 16.9. The third kappa shape index (κ3) is 5.12. The Kier molecular flexibility index (Phi) is 6.65. The lowest BCUT2D eigenvalue weighted by Gasteiger charge is -2.23. The Morgan fingerprint density at radius 2 is 1.97 bits per heavy atom. The summed E-state index contributed by atoms with van der Waals surface area (Å²) in [6.45, 7) is 1.39. The standard InChI is InChI=1S/C23H23ClN4O2S/c24-18-8-3-2-7-17(18)23-26-16(14-31-23)12-21(29)27-19-9-4-1-6-15(19)13-28-11-5-10-20(28)22(25)30/h1-4,6-9,14,20H,5,10-13H2,(H2,25,30)(H,27,29). The van der Waals surface area contributed by atoms with Crippen molar-refractivity contribution in [3.63, 3.8) is 0 Å². The Labute approximate surface area is 190 Å². The summed E-state index contributed by atoms with van der Waals surface area (Å²) in [5.74, 6) is -0.437. The fourth-order valence-corrected chi connectivity index (χ4v) is 4.98. The van der Waals surface area contributed by atoms with Crippen LogP contribution in [0.15, 0.2) is 53.9 Å². The van der Waals surface area contributed by atoms with Gasteiger partial charge in [-0.1, -0.05) is 48.0 Å². The first-order chi connectivity index (χ1) is 15.0. The van der Waals surface area contributed by atoms with E-state index in [1.807, 2.05) is 53.9 Å². The highest BCUT2D eigenvalue weighted by molar-refractivity contribution is 7.13. The predicted octanol–water partition coefficient (Wildman–Crippen LogP) is 4.09. The zero-order chi connectivity index (χ0) is 21.8. The molecule has 1 atom stereocenters. The van der Waals surface area contributed by atoms with E-state index in [2.05, 4.69) is 15.2 Å². The monoisotopic (exact) mass is 454 g/mol. The topological polar surface area (TPSA) is 88.3 Å². The van der Waals surface area contributed by atoms with Gasteiger partial charge in [-0.2, -0.15) is 0 Å². The SMILES string of the molecule is NC(=O)C1CCCN1Cc1ccccc1NC(=O)Cc1csc(-c2ccccc2Cl)n1. The number of likely N-dealkylation sites (tertiary alicyclic amines) is 1. The van der Waals surface area contributed by atoms with Crippen LogP contribution in [0.4, 0.5) is 5.69 Å². The van der Waals surface area contributed by atoms with Gasteiger partial charge in [-0.25, -0.2) is 4.98 Å². The van der Waals surface area contributed by atoms with E-state index in [4.69, 9.17) is 17.3 Å². The summed E-state index contributed by atoms with van der Waals surface area (Å²) >= 11 is 7.72. The van der Waals surface area contributed by atoms with Gasteiger partial charge in [0.25, 0.3) is 0 Å². The van der Waals surface area contributed by atoms with Crippen LogP contribution in [0.2, 0.25) is 5.02 Å². The number of benzene rings is 2. The third-order valence-corrected chi connectivity index (χ3v) is 6.61. The minimum Gasteiger partial charge on any atom is -0.368 e. The summed E-state index contributed by atoms with van der Waals surface area (Å²) in [6.07, 6.45) is 1.89. The summed E-state index contributed by atoms with van der Waals surface area (Å²) in [5, 5.41) is 6.30. The van der Waals surface area contributed by atoms with E-state index in [0.29, 0.717) is 17.3 Å². The lowest BCUT2D eigenvalue weighted by atomic mass is 10.1. The second-order valence-electron chi connectivity index (χ2n) is 7.54. The first kappa shape index (κ1) is 21.5. The molecule has 1 unspecified atom stereocenters. The van der Waals surface area contributed by atoms with Gasteiger partial charge in [0.2, 0.25) is 11.8 Å². The number of primary amides is 1. The van der Waals surface area contributed by atoms with Crippen LogP contribution in [0.3, 0.4) is 0 Å². The van der Waals surface area contributed by atoms with Gasteiger partial charge in [-0.3, -0.25) is 14.5 Å². The van der Waals surface area contributed by atoms with E-state index in [1.54, 1.807) is 0 Å². The molecule has 160 valence electrons. The molecule has 2 amide bonds. The Morgan fingerprint density at radius 1 is 1.19 bits per heavy atom. The molecule has 6 nitrogen and oxygen atoms in total. The Bertz CT molecular complexity index is 1100. The number of hydrogen-bond donors (Lipinski definition) is 2. The molecule has 3 aromatic rings. The van der Waals surface area contributed by atoms with Crippen molar-refractivity contribution in [2.45, 2.75) is 31.8 Å². The molecule has 31 heavy (non-hydrogen) atoms. The molecule has 1 fully saturated rings. The van der Waals surface area contributed by atoms with Gasteiger partial charge in [-0.05, 0) is 37.1 Å². The predicted molar refractivity (Wildman–Crippen MR) is 124 cm³/mol. The number of halogens is 1. The van der Waals surface area contributed by atoms with Crippen molar-refractivity contribution < 1.29 is 9.59 Å². The number of carbonyl (C=O) groups excluding carboxylic acids is 2. The van der Waals surface area contributed by atoms with Crippen molar-refractivity contribution in [1.29, 1.82) is 0 Å². The summed E-state index contributed by atoms with van der Waals surface area (Å²) in [6, 6.07) is 14.9. The largest absolute Gasteiger partial charge is 0.368 e. The van der Waals surface area contributed by atoms with Crippen LogP contribution < -0.4 is 11.1 Å². The number of nitrogens with zero attached hydrogens (tertiary/aromatic N) is 2. The van der Waals surface area contributed by atoms with Crippen molar-refractivity contribution >= 4 is 40.4 Å². The molecule has 1 aliphatic rings. The van der Waals surface area contributed by atoms with E-state index in [0.717, 1.165) is 41.2 Å². The maximum absolute atomic E-state index is 12.7. The van der Waals surface area contributed by atoms with Crippen molar-refractivity contribution in [3.8, 4) is 10.6 Å². The van der Waals surface area contributed by atoms with E-state index >= 15 is 0 Å². The van der Waals surface area contributed by atoms with E-state index in [-0.39, 0.29) is 24.3 Å². The molecule has 1 aromatic heterocycles. The van der Waals surface area contributed by atoms with Crippen LogP contribution in [-0.2, 0) is 22.6 Å². The second kappa shape index (κ2) is 9.60. The summed E-state index contributed by atoms with van der Waals surface area (Å²) in [7, 11) is 0. The molecule has 0 spiro atoms. The third-order valence-electron chi connectivity index (χ3n) is 5.35. The lowest BCUT2D eigenvalue weighted by Crippen LogP contribution is -2.39. The van der Waals surface area contributed by atoms with Crippen LogP contribution in [0.1, 0.15) is 24.1 Å². The molecular weight excluding hydrogens is 432 g/mol. The molecule has 0 radical (unpaired) electrons. The van der Waals surface area contributed by atoms with Gasteiger partial charge in [-0.15, -0.1) is 11.3 Å². The number of nitrogens with one attached hydrogen (secondary N) is 1. The first-order valence-corrected chi connectivity index (χ1v) is 11.4. The lowest BCUT2D eigenvalue weighted by molar-refractivity contribution is -0.122. The van der Waals surface area contributed by atoms with Gasteiger partial charge in [0.15, 0.2) is 0 Å². The fraction of sp³-hybridized carbons (Fsp3) is 0.261. The number of anilines is 1. The molecule has 2 heterocycles. The molecule has 0 aliphatic carbocycles. The molecular formula is C23H23ClN4O2S. The molecule has 8 heteroatoms. The van der Waals surface area contributed by atoms with Gasteiger partial charge in [0.05, 0.1) is 23.2 Å². The minimum atomic E-state index is -0.295. The highest BCUT2D eigenvalue weighted by Gasteiger charge is 2.29. The summed E-state index contributed by atoms with van der Waals surface area (Å²) in [4.78, 5) is 31.0. The van der Waals surface area contributed by atoms with Crippen LogP contribution in [0, 0.1) is 0 Å². The molecule has 0 saturated carbocycles. The van der Waals surface area contributed by atoms with Gasteiger partial charge in [0, 0.05) is 23.2 Å². The number of hydrogen-bond acceptors (Lipinski definition) is 5. The van der Waals surface area contributed by atoms with Gasteiger partial charge < -0.3 is 11.1 Å². The highest BCUT2D eigenvalue weighted by atomic mass is 35.5. The number of carbonyl (C=O) groups is 2. The number of amides is 2. The van der Waals surface area contributed by atoms with Crippen LogP contribution >= 0.6 is 22.9 Å². The Hall–Kier alpha value is -2.74. The summed E-state index contributed by atoms with van der Waals surface area (Å²) in [5.41, 5.74) is 8.79. The van der Waals surface area contributed by atoms with Crippen molar-refractivity contribution in [2.75, 3.05) is 11.9 Å². The van der Waals surface area contributed by atoms with E-state index in [9.17, 15) is 9.59 Å². The number of para-hydroxylation sites is 1. The van der Waals surface area contributed by atoms with E-state index in [1.165, 1.54) is 11.3 Å². The smallest absolute Gasteiger partial charge is 0.234 e. The number of thiazole rings is 1. The Balaban J connectivity index is 1.43. The molecule has 4 rings (SSSR count). The van der Waals surface area contributed by atoms with Gasteiger partial charge in [0.1, 0.15) is 5.01 Å². The quantitative estimate of drug-likeness (QED) is 0.562. The number of aromatic nitrogens is 1. The molecule has 3 N–H and O–H groups in total. The van der Waals surface area contributed by atoms with Gasteiger partial charge >= 0.3 is 0 Å². The number of rotatable bonds is 7. The van der Waals surface area contributed by atoms with Crippen LogP contribution in [-0.4, -0.2) is 34.3 Å². The average Bonchev–Trinajstić information content (AvgIpc) is 3.39.